The number of amides is 1. The molecule has 0 aliphatic carbocycles. The number of carbonyl (C=O) groups is 1. The van der Waals surface area contributed by atoms with Crippen LogP contribution in [0.25, 0.3) is 5.65 Å². The Hall–Kier alpha value is -2.82. The van der Waals surface area contributed by atoms with Gasteiger partial charge in [-0.2, -0.15) is 0 Å². The molecule has 0 bridgehead atoms. The third kappa shape index (κ3) is 3.25. The van der Waals surface area contributed by atoms with Crippen molar-refractivity contribution in [2.45, 2.75) is 13.3 Å². The number of nitrogens with one attached hydrogen (secondary N) is 1. The van der Waals surface area contributed by atoms with Crippen LogP contribution in [0, 0.1) is 6.92 Å². The van der Waals surface area contributed by atoms with E-state index in [1.54, 1.807) is 0 Å². The number of imidazole rings is 1. The van der Waals surface area contributed by atoms with Gasteiger partial charge in [-0.25, -0.2) is 4.98 Å². The minimum Gasteiger partial charge on any atom is -0.493 e. The van der Waals surface area contributed by atoms with Crippen LogP contribution in [0.4, 0.5) is 5.69 Å². The maximum absolute atomic E-state index is 12.0. The second-order valence-electron chi connectivity index (χ2n) is 4.99. The standard InChI is InChI=1S/C17H17N3O2/c1-13-12-20-10-5-8-15(17(20)18-13)19-16(21)9-11-22-14-6-3-2-4-7-14/h2-8,10,12H,9,11H2,1H3,(H,19,21). The summed E-state index contributed by atoms with van der Waals surface area (Å²) in [7, 11) is 0. The number of nitrogens with zero attached hydrogens (tertiary/aromatic N) is 2. The van der Waals surface area contributed by atoms with Gasteiger partial charge in [-0.05, 0) is 31.2 Å². The molecule has 2 heterocycles. The summed E-state index contributed by atoms with van der Waals surface area (Å²) >= 11 is 0. The highest BCUT2D eigenvalue weighted by molar-refractivity contribution is 5.94. The highest BCUT2D eigenvalue weighted by Gasteiger charge is 2.08. The molecule has 22 heavy (non-hydrogen) atoms. The lowest BCUT2D eigenvalue weighted by Crippen LogP contribution is -2.15. The number of aryl methyl sites for hydroxylation is 1. The van der Waals surface area contributed by atoms with Gasteiger partial charge >= 0.3 is 0 Å². The Labute approximate surface area is 128 Å². The first-order valence-electron chi connectivity index (χ1n) is 7.14. The molecular formula is C17H17N3O2. The van der Waals surface area contributed by atoms with E-state index in [0.29, 0.717) is 12.3 Å². The smallest absolute Gasteiger partial charge is 0.227 e. The second-order valence-corrected chi connectivity index (χ2v) is 4.99. The molecule has 0 aliphatic rings. The highest BCUT2D eigenvalue weighted by Crippen LogP contribution is 2.16. The van der Waals surface area contributed by atoms with Gasteiger partial charge in [0.2, 0.25) is 5.91 Å². The van der Waals surface area contributed by atoms with Crippen LogP contribution in [0.2, 0.25) is 0 Å². The Bertz CT molecular complexity index is 781. The fourth-order valence-corrected chi connectivity index (χ4v) is 2.22. The Kier molecular flexibility index (Phi) is 4.05. The van der Waals surface area contributed by atoms with Gasteiger partial charge in [-0.1, -0.05) is 18.2 Å². The SMILES string of the molecule is Cc1cn2cccc(NC(=O)CCOc3ccccc3)c2n1. The van der Waals surface area contributed by atoms with Gasteiger partial charge in [0.15, 0.2) is 5.65 Å². The molecule has 112 valence electrons. The van der Waals surface area contributed by atoms with Crippen molar-refractivity contribution in [3.05, 3.63) is 60.6 Å². The molecule has 5 heteroatoms. The summed E-state index contributed by atoms with van der Waals surface area (Å²) in [6.45, 7) is 2.26. The van der Waals surface area contributed by atoms with Crippen LogP contribution < -0.4 is 10.1 Å². The zero-order valence-electron chi connectivity index (χ0n) is 12.3. The van der Waals surface area contributed by atoms with Crippen LogP contribution in [-0.2, 0) is 4.79 Å². The van der Waals surface area contributed by atoms with Crippen molar-refractivity contribution in [1.29, 1.82) is 0 Å². The predicted octanol–water partition coefficient (Wildman–Crippen LogP) is 3.05. The Balaban J connectivity index is 1.59. The van der Waals surface area contributed by atoms with Gasteiger partial charge in [-0.3, -0.25) is 4.79 Å². The molecule has 1 N–H and O–H groups in total. The van der Waals surface area contributed by atoms with Crippen LogP contribution in [0.15, 0.2) is 54.9 Å². The first kappa shape index (κ1) is 14.1. The average molecular weight is 295 g/mol. The van der Waals surface area contributed by atoms with Gasteiger partial charge in [0.05, 0.1) is 24.4 Å². The molecule has 0 saturated heterocycles. The molecule has 0 unspecified atom stereocenters. The molecule has 2 aromatic heterocycles. The van der Waals surface area contributed by atoms with E-state index in [9.17, 15) is 4.79 Å². The lowest BCUT2D eigenvalue weighted by molar-refractivity contribution is -0.116. The summed E-state index contributed by atoms with van der Waals surface area (Å²) in [6.07, 6.45) is 4.11. The number of fused-ring (bicyclic) bond motifs is 1. The van der Waals surface area contributed by atoms with Crippen LogP contribution in [-0.4, -0.2) is 21.9 Å². The van der Waals surface area contributed by atoms with Crippen molar-refractivity contribution in [3.8, 4) is 5.75 Å². The molecule has 5 nitrogen and oxygen atoms in total. The fourth-order valence-electron chi connectivity index (χ4n) is 2.22. The highest BCUT2D eigenvalue weighted by atomic mass is 16.5. The summed E-state index contributed by atoms with van der Waals surface area (Å²) in [4.78, 5) is 16.4. The number of anilines is 1. The fraction of sp³-hybridized carbons (Fsp3) is 0.176. The Morgan fingerprint density at radius 2 is 2.05 bits per heavy atom. The summed E-state index contributed by atoms with van der Waals surface area (Å²) in [5.41, 5.74) is 2.37. The summed E-state index contributed by atoms with van der Waals surface area (Å²) < 4.78 is 7.42. The number of hydrogen-bond acceptors (Lipinski definition) is 3. The molecule has 1 amide bonds. The third-order valence-electron chi connectivity index (χ3n) is 3.22. The van der Waals surface area contributed by atoms with Crippen molar-refractivity contribution in [3.63, 3.8) is 0 Å². The number of carbonyl (C=O) groups excluding carboxylic acids is 1. The van der Waals surface area contributed by atoms with Crippen molar-refractivity contribution in [1.82, 2.24) is 9.38 Å². The van der Waals surface area contributed by atoms with E-state index in [-0.39, 0.29) is 12.3 Å². The first-order chi connectivity index (χ1) is 10.7. The van der Waals surface area contributed by atoms with E-state index in [1.807, 2.05) is 66.2 Å². The summed E-state index contributed by atoms with van der Waals surface area (Å²) in [5, 5.41) is 2.88. The van der Waals surface area contributed by atoms with Gasteiger partial charge in [0.25, 0.3) is 0 Å². The quantitative estimate of drug-likeness (QED) is 0.787. The number of benzene rings is 1. The molecule has 3 rings (SSSR count). The van der Waals surface area contributed by atoms with E-state index < -0.39 is 0 Å². The summed E-state index contributed by atoms with van der Waals surface area (Å²) in [6, 6.07) is 13.2. The first-order valence-corrected chi connectivity index (χ1v) is 7.14. The van der Waals surface area contributed by atoms with Crippen LogP contribution in [0.5, 0.6) is 5.75 Å². The normalized spacial score (nSPS) is 10.6. The third-order valence-corrected chi connectivity index (χ3v) is 3.22. The van der Waals surface area contributed by atoms with Crippen LogP contribution in [0.1, 0.15) is 12.1 Å². The molecule has 0 spiro atoms. The Morgan fingerprint density at radius 1 is 1.23 bits per heavy atom. The molecule has 0 atom stereocenters. The molecule has 3 aromatic rings. The van der Waals surface area contributed by atoms with Crippen LogP contribution in [0.3, 0.4) is 0 Å². The number of hydrogen-bond donors (Lipinski definition) is 1. The van der Waals surface area contributed by atoms with Crippen molar-refractivity contribution >= 4 is 17.2 Å². The average Bonchev–Trinajstić information content (AvgIpc) is 2.90. The molecule has 0 radical (unpaired) electrons. The van der Waals surface area contributed by atoms with Crippen molar-refractivity contribution < 1.29 is 9.53 Å². The minimum absolute atomic E-state index is 0.0929. The van der Waals surface area contributed by atoms with Gasteiger partial charge < -0.3 is 14.5 Å². The predicted molar refractivity (Wildman–Crippen MR) is 85.1 cm³/mol. The zero-order valence-corrected chi connectivity index (χ0v) is 12.3. The number of para-hydroxylation sites is 1. The topological polar surface area (TPSA) is 55.6 Å². The van der Waals surface area contributed by atoms with E-state index in [4.69, 9.17) is 4.74 Å². The largest absolute Gasteiger partial charge is 0.493 e. The van der Waals surface area contributed by atoms with Crippen molar-refractivity contribution in [2.75, 3.05) is 11.9 Å². The van der Waals surface area contributed by atoms with E-state index in [2.05, 4.69) is 10.3 Å². The monoisotopic (exact) mass is 295 g/mol. The molecule has 1 aromatic carbocycles. The molecule has 0 saturated carbocycles. The molecular weight excluding hydrogens is 278 g/mol. The molecule has 0 aliphatic heterocycles. The number of rotatable bonds is 5. The maximum Gasteiger partial charge on any atom is 0.227 e. The van der Waals surface area contributed by atoms with E-state index in [1.165, 1.54) is 0 Å². The molecule has 0 fully saturated rings. The number of aromatic nitrogens is 2. The number of pyridine rings is 1. The second kappa shape index (κ2) is 6.30. The maximum atomic E-state index is 12.0. The lowest BCUT2D eigenvalue weighted by Gasteiger charge is -2.08. The van der Waals surface area contributed by atoms with E-state index in [0.717, 1.165) is 17.1 Å². The minimum atomic E-state index is -0.0929. The lowest BCUT2D eigenvalue weighted by atomic mass is 10.3. The van der Waals surface area contributed by atoms with Gasteiger partial charge in [0, 0.05) is 12.4 Å². The zero-order chi connectivity index (χ0) is 15.4. The van der Waals surface area contributed by atoms with Gasteiger partial charge in [0.1, 0.15) is 5.75 Å². The van der Waals surface area contributed by atoms with E-state index >= 15 is 0 Å². The van der Waals surface area contributed by atoms with Gasteiger partial charge in [-0.15, -0.1) is 0 Å². The van der Waals surface area contributed by atoms with Crippen molar-refractivity contribution in [2.24, 2.45) is 0 Å². The Morgan fingerprint density at radius 3 is 2.86 bits per heavy atom. The van der Waals surface area contributed by atoms with Crippen LogP contribution >= 0.6 is 0 Å². The summed E-state index contributed by atoms with van der Waals surface area (Å²) in [5.74, 6) is 0.672. The number of ether oxygens (including phenoxy) is 1.